The zero-order chi connectivity index (χ0) is 22.7. The van der Waals surface area contributed by atoms with E-state index in [9.17, 15) is 5.11 Å². The van der Waals surface area contributed by atoms with Crippen molar-refractivity contribution in [3.05, 3.63) is 83.4 Å². The Bertz CT molecular complexity index is 1330. The fourth-order valence-corrected chi connectivity index (χ4v) is 3.81. The molecule has 0 aliphatic heterocycles. The average molecular weight is 445 g/mol. The minimum Gasteiger partial charge on any atom is -0.495 e. The molecule has 2 N–H and O–H groups in total. The van der Waals surface area contributed by atoms with Gasteiger partial charge < -0.3 is 19.7 Å². The molecule has 4 aromatic rings. The van der Waals surface area contributed by atoms with Gasteiger partial charge in [-0.2, -0.15) is 0 Å². The number of methoxy groups -OCH3 is 1. The largest absolute Gasteiger partial charge is 0.495 e. The Kier molecular flexibility index (Phi) is 6.18. The molecule has 162 valence electrons. The Morgan fingerprint density at radius 3 is 2.62 bits per heavy atom. The quantitative estimate of drug-likeness (QED) is 0.272. The fourth-order valence-electron chi connectivity index (χ4n) is 3.65. The number of fused-ring (bicyclic) bond motifs is 1. The first-order valence-corrected chi connectivity index (χ1v) is 10.6. The van der Waals surface area contributed by atoms with Crippen molar-refractivity contribution in [3.63, 3.8) is 0 Å². The molecule has 4 rings (SSSR count). The maximum Gasteiger partial charge on any atom is 0.221 e. The highest BCUT2D eigenvalue weighted by Crippen LogP contribution is 2.39. The standard InChI is InChI=1S/C25H24N4O2S/c1-16-12-13-17(2)18(14-16)15-29-21-10-6-4-8-19(21)23(24(29)30)27-28-25(32)26-20-9-5-7-11-22(20)31-3/h4-14,30H,15H2,1-3H3,(H,26,32). The third kappa shape index (κ3) is 4.33. The number of aryl methyl sites for hydroxylation is 2. The van der Waals surface area contributed by atoms with Crippen LogP contribution in [0.2, 0.25) is 0 Å². The van der Waals surface area contributed by atoms with Gasteiger partial charge in [-0.15, -0.1) is 10.2 Å². The number of rotatable bonds is 5. The third-order valence-electron chi connectivity index (χ3n) is 5.34. The minimum absolute atomic E-state index is 0.0518. The Morgan fingerprint density at radius 1 is 1.06 bits per heavy atom. The molecule has 32 heavy (non-hydrogen) atoms. The van der Waals surface area contributed by atoms with E-state index in [1.54, 1.807) is 7.11 Å². The first-order valence-electron chi connectivity index (χ1n) is 10.2. The van der Waals surface area contributed by atoms with Crippen LogP contribution >= 0.6 is 12.2 Å². The van der Waals surface area contributed by atoms with E-state index in [0.29, 0.717) is 23.7 Å². The minimum atomic E-state index is 0.0518. The van der Waals surface area contributed by atoms with Crippen molar-refractivity contribution in [2.24, 2.45) is 10.2 Å². The zero-order valence-corrected chi connectivity index (χ0v) is 19.0. The third-order valence-corrected chi connectivity index (χ3v) is 5.52. The van der Waals surface area contributed by atoms with Gasteiger partial charge >= 0.3 is 0 Å². The number of anilines is 1. The molecule has 0 saturated carbocycles. The summed E-state index contributed by atoms with van der Waals surface area (Å²) in [5.74, 6) is 0.703. The molecule has 3 aromatic carbocycles. The van der Waals surface area contributed by atoms with Crippen LogP contribution in [0.5, 0.6) is 11.6 Å². The molecular formula is C25H24N4O2S. The lowest BCUT2D eigenvalue weighted by Gasteiger charge is -2.11. The van der Waals surface area contributed by atoms with E-state index in [2.05, 4.69) is 47.6 Å². The Labute approximate surface area is 192 Å². The molecule has 0 atom stereocenters. The normalized spacial score (nSPS) is 11.2. The summed E-state index contributed by atoms with van der Waals surface area (Å²) in [6.07, 6.45) is 0. The molecule has 7 heteroatoms. The van der Waals surface area contributed by atoms with Crippen LogP contribution in [0.4, 0.5) is 11.4 Å². The maximum atomic E-state index is 11.0. The van der Waals surface area contributed by atoms with E-state index in [1.165, 1.54) is 5.56 Å². The topological polar surface area (TPSA) is 71.1 Å². The molecule has 0 bridgehead atoms. The summed E-state index contributed by atoms with van der Waals surface area (Å²) < 4.78 is 7.18. The van der Waals surface area contributed by atoms with Gasteiger partial charge in [0, 0.05) is 5.39 Å². The molecule has 0 fully saturated rings. The number of azo groups is 1. The van der Waals surface area contributed by atoms with Crippen molar-refractivity contribution < 1.29 is 9.84 Å². The second-order valence-corrected chi connectivity index (χ2v) is 7.92. The fraction of sp³-hybridized carbons (Fsp3) is 0.160. The molecule has 0 radical (unpaired) electrons. The molecular weight excluding hydrogens is 420 g/mol. The first-order chi connectivity index (χ1) is 15.5. The van der Waals surface area contributed by atoms with E-state index in [-0.39, 0.29) is 11.0 Å². The number of aromatic nitrogens is 1. The van der Waals surface area contributed by atoms with Gasteiger partial charge in [0.2, 0.25) is 11.0 Å². The van der Waals surface area contributed by atoms with E-state index in [0.717, 1.165) is 22.0 Å². The van der Waals surface area contributed by atoms with E-state index in [1.807, 2.05) is 53.1 Å². The number of aromatic hydroxyl groups is 1. The summed E-state index contributed by atoms with van der Waals surface area (Å²) in [6, 6.07) is 21.5. The predicted octanol–water partition coefficient (Wildman–Crippen LogP) is 6.50. The predicted molar refractivity (Wildman–Crippen MR) is 132 cm³/mol. The molecule has 0 unspecified atom stereocenters. The van der Waals surface area contributed by atoms with Crippen molar-refractivity contribution >= 4 is 39.6 Å². The van der Waals surface area contributed by atoms with Gasteiger partial charge in [0.1, 0.15) is 5.75 Å². The number of nitrogens with one attached hydrogen (secondary N) is 1. The summed E-state index contributed by atoms with van der Waals surface area (Å²) in [5, 5.41) is 23.5. The molecule has 0 aliphatic carbocycles. The van der Waals surface area contributed by atoms with E-state index >= 15 is 0 Å². The van der Waals surface area contributed by atoms with Gasteiger partial charge in [-0.05, 0) is 55.4 Å². The molecule has 1 heterocycles. The van der Waals surface area contributed by atoms with Crippen LogP contribution < -0.4 is 10.1 Å². The van der Waals surface area contributed by atoms with Crippen LogP contribution in [0.3, 0.4) is 0 Å². The number of hydrogen-bond acceptors (Lipinski definition) is 4. The second kappa shape index (κ2) is 9.20. The smallest absolute Gasteiger partial charge is 0.221 e. The number of benzene rings is 3. The van der Waals surface area contributed by atoms with Crippen LogP contribution in [0.15, 0.2) is 77.0 Å². The van der Waals surface area contributed by atoms with Gasteiger partial charge in [0.05, 0.1) is 24.9 Å². The van der Waals surface area contributed by atoms with Gasteiger partial charge in [-0.1, -0.05) is 54.1 Å². The van der Waals surface area contributed by atoms with Gasteiger partial charge in [-0.25, -0.2) is 0 Å². The van der Waals surface area contributed by atoms with Crippen molar-refractivity contribution in [3.8, 4) is 11.6 Å². The monoisotopic (exact) mass is 444 g/mol. The SMILES string of the molecule is COc1ccccc1NC(=S)N=Nc1c(O)n(Cc2cc(C)ccc2C)c2ccccc12. The van der Waals surface area contributed by atoms with E-state index in [4.69, 9.17) is 17.0 Å². The first kappa shape index (κ1) is 21.5. The summed E-state index contributed by atoms with van der Waals surface area (Å²) in [6.45, 7) is 4.66. The summed E-state index contributed by atoms with van der Waals surface area (Å²) >= 11 is 5.34. The molecule has 0 aliphatic rings. The lowest BCUT2D eigenvalue weighted by Crippen LogP contribution is -2.06. The lowest BCUT2D eigenvalue weighted by molar-refractivity contribution is 0.417. The van der Waals surface area contributed by atoms with Gasteiger partial charge in [0.15, 0.2) is 5.69 Å². The highest BCUT2D eigenvalue weighted by atomic mass is 32.1. The number of nitrogens with zero attached hydrogens (tertiary/aromatic N) is 3. The second-order valence-electron chi connectivity index (χ2n) is 7.54. The van der Waals surface area contributed by atoms with Crippen LogP contribution in [0, 0.1) is 13.8 Å². The lowest BCUT2D eigenvalue weighted by atomic mass is 10.1. The molecule has 0 spiro atoms. The summed E-state index contributed by atoms with van der Waals surface area (Å²) in [4.78, 5) is 0. The van der Waals surface area contributed by atoms with Crippen LogP contribution in [0.25, 0.3) is 10.9 Å². The molecule has 0 amide bonds. The summed E-state index contributed by atoms with van der Waals surface area (Å²) in [5.41, 5.74) is 5.43. The van der Waals surface area contributed by atoms with Crippen molar-refractivity contribution in [2.45, 2.75) is 20.4 Å². The number of para-hydroxylation sites is 3. The number of ether oxygens (including phenoxy) is 1. The highest BCUT2D eigenvalue weighted by molar-refractivity contribution is 7.80. The highest BCUT2D eigenvalue weighted by Gasteiger charge is 2.17. The van der Waals surface area contributed by atoms with Crippen molar-refractivity contribution in [1.29, 1.82) is 0 Å². The van der Waals surface area contributed by atoms with Crippen LogP contribution in [0.1, 0.15) is 16.7 Å². The van der Waals surface area contributed by atoms with Gasteiger partial charge in [0.25, 0.3) is 0 Å². The van der Waals surface area contributed by atoms with Crippen molar-refractivity contribution in [2.75, 3.05) is 12.4 Å². The molecule has 0 saturated heterocycles. The Morgan fingerprint density at radius 2 is 1.81 bits per heavy atom. The molecule has 1 aromatic heterocycles. The van der Waals surface area contributed by atoms with E-state index < -0.39 is 0 Å². The molecule has 6 nitrogen and oxygen atoms in total. The zero-order valence-electron chi connectivity index (χ0n) is 18.2. The van der Waals surface area contributed by atoms with Crippen LogP contribution in [-0.2, 0) is 6.54 Å². The van der Waals surface area contributed by atoms with Crippen molar-refractivity contribution in [1.82, 2.24) is 4.57 Å². The summed E-state index contributed by atoms with van der Waals surface area (Å²) in [7, 11) is 1.59. The van der Waals surface area contributed by atoms with Crippen LogP contribution in [-0.4, -0.2) is 21.9 Å². The Balaban J connectivity index is 1.67. The number of thiocarbonyl (C=S) groups is 1. The maximum absolute atomic E-state index is 11.0. The Hall–Kier alpha value is -3.71. The average Bonchev–Trinajstić information content (AvgIpc) is 3.06. The van der Waals surface area contributed by atoms with Gasteiger partial charge in [-0.3, -0.25) is 0 Å². The number of hydrogen-bond donors (Lipinski definition) is 2.